The first-order chi connectivity index (χ1) is 11.0. The van der Waals surface area contributed by atoms with Crippen molar-refractivity contribution in [2.24, 2.45) is 4.99 Å². The van der Waals surface area contributed by atoms with Gasteiger partial charge in [-0.3, -0.25) is 9.79 Å². The molecule has 0 aliphatic carbocycles. The summed E-state index contributed by atoms with van der Waals surface area (Å²) in [4.78, 5) is 16.1. The quantitative estimate of drug-likeness (QED) is 0.238. The predicted octanol–water partition coefficient (Wildman–Crippen LogP) is 2.54. The molecule has 1 aromatic carbocycles. The summed E-state index contributed by atoms with van der Waals surface area (Å²) in [7, 11) is 3.33. The number of guanidine groups is 1. The zero-order valence-electron chi connectivity index (χ0n) is 13.9. The lowest BCUT2D eigenvalue weighted by Gasteiger charge is -2.17. The number of carbonyl (C=O) groups excluding carboxylic acids is 1. The molecule has 1 unspecified atom stereocenters. The van der Waals surface area contributed by atoms with Gasteiger partial charge in [0.15, 0.2) is 5.96 Å². The summed E-state index contributed by atoms with van der Waals surface area (Å²) < 4.78 is 5.05. The number of hydrogen-bond donors (Lipinski definition) is 3. The van der Waals surface area contributed by atoms with Gasteiger partial charge in [0.1, 0.15) is 0 Å². The summed E-state index contributed by atoms with van der Waals surface area (Å²) in [5.74, 6) is 0.444. The summed E-state index contributed by atoms with van der Waals surface area (Å²) in [6, 6.07) is 4.90. The second-order valence-electron chi connectivity index (χ2n) is 4.88. The highest BCUT2D eigenvalue weighted by Crippen LogP contribution is 2.22. The molecule has 0 aromatic heterocycles. The molecule has 0 aliphatic rings. The van der Waals surface area contributed by atoms with Gasteiger partial charge in [0, 0.05) is 38.9 Å². The second-order valence-corrected chi connectivity index (χ2v) is 5.70. The van der Waals surface area contributed by atoms with E-state index >= 15 is 0 Å². The Labute approximate surface area is 169 Å². The van der Waals surface area contributed by atoms with Gasteiger partial charge in [0.2, 0.25) is 0 Å². The molecule has 0 radical (unpaired) electrons. The minimum atomic E-state index is -0.207. The molecule has 1 aromatic rings. The van der Waals surface area contributed by atoms with E-state index in [-0.39, 0.29) is 35.9 Å². The molecule has 0 saturated heterocycles. The maximum absolute atomic E-state index is 12.0. The lowest BCUT2D eigenvalue weighted by Crippen LogP contribution is -2.46. The van der Waals surface area contributed by atoms with E-state index < -0.39 is 0 Å². The third-order valence-electron chi connectivity index (χ3n) is 2.91. The molecule has 6 nitrogen and oxygen atoms in total. The number of hydrogen-bond acceptors (Lipinski definition) is 3. The Hall–Kier alpha value is -0.770. The number of carbonyl (C=O) groups is 1. The number of aliphatic imine (C=N–C) groups is 1. The van der Waals surface area contributed by atoms with E-state index in [9.17, 15) is 4.79 Å². The van der Waals surface area contributed by atoms with Crippen molar-refractivity contribution in [3.05, 3.63) is 33.8 Å². The molecule has 1 atom stereocenters. The molecule has 1 rings (SSSR count). The van der Waals surface area contributed by atoms with E-state index in [1.165, 1.54) is 0 Å². The van der Waals surface area contributed by atoms with E-state index in [2.05, 4.69) is 20.9 Å². The third-order valence-corrected chi connectivity index (χ3v) is 3.65. The van der Waals surface area contributed by atoms with Gasteiger partial charge in [0.05, 0.1) is 16.7 Å². The van der Waals surface area contributed by atoms with Gasteiger partial charge < -0.3 is 20.7 Å². The maximum Gasteiger partial charge on any atom is 0.251 e. The number of methoxy groups -OCH3 is 1. The van der Waals surface area contributed by atoms with E-state index in [0.29, 0.717) is 41.3 Å². The van der Waals surface area contributed by atoms with Crippen LogP contribution < -0.4 is 16.0 Å². The van der Waals surface area contributed by atoms with Crippen molar-refractivity contribution in [2.45, 2.75) is 13.0 Å². The number of ether oxygens (including phenoxy) is 1. The third kappa shape index (κ3) is 8.36. The van der Waals surface area contributed by atoms with E-state index in [0.717, 1.165) is 0 Å². The van der Waals surface area contributed by atoms with Gasteiger partial charge in [-0.2, -0.15) is 0 Å². The van der Waals surface area contributed by atoms with E-state index in [1.54, 1.807) is 32.4 Å². The highest BCUT2D eigenvalue weighted by atomic mass is 127. The van der Waals surface area contributed by atoms with Crippen LogP contribution in [0.3, 0.4) is 0 Å². The summed E-state index contributed by atoms with van der Waals surface area (Å²) in [6.07, 6.45) is 0. The van der Waals surface area contributed by atoms with E-state index in [1.807, 2.05) is 6.92 Å². The zero-order chi connectivity index (χ0) is 17.2. The molecular weight excluding hydrogens is 466 g/mol. The average Bonchev–Trinajstić information content (AvgIpc) is 2.52. The minimum Gasteiger partial charge on any atom is -0.383 e. The Morgan fingerprint density at radius 1 is 1.25 bits per heavy atom. The number of nitrogens with zero attached hydrogens (tertiary/aromatic N) is 1. The molecular formula is C15H23Cl2IN4O2. The van der Waals surface area contributed by atoms with Crippen LogP contribution in [0.4, 0.5) is 0 Å². The Balaban J connectivity index is 0.00000529. The number of halogens is 3. The highest BCUT2D eigenvalue weighted by molar-refractivity contribution is 14.0. The highest BCUT2D eigenvalue weighted by Gasteiger charge is 2.08. The van der Waals surface area contributed by atoms with Gasteiger partial charge in [-0.05, 0) is 25.1 Å². The lowest BCUT2D eigenvalue weighted by molar-refractivity contribution is 0.0954. The van der Waals surface area contributed by atoms with Crippen LogP contribution in [0.1, 0.15) is 17.3 Å². The molecule has 0 spiro atoms. The van der Waals surface area contributed by atoms with Crippen molar-refractivity contribution < 1.29 is 9.53 Å². The molecule has 24 heavy (non-hydrogen) atoms. The average molecular weight is 489 g/mol. The Bertz CT molecular complexity index is 558. The van der Waals surface area contributed by atoms with Gasteiger partial charge in [-0.25, -0.2) is 0 Å². The van der Waals surface area contributed by atoms with Gasteiger partial charge >= 0.3 is 0 Å². The lowest BCUT2D eigenvalue weighted by atomic mass is 10.2. The fraction of sp³-hybridized carbons (Fsp3) is 0.467. The molecule has 0 aliphatic heterocycles. The standard InChI is InChI=1S/C15H22Cl2N4O2.HI/c1-10(9-23-3)21-15(18-2)20-7-6-19-14(22)11-4-5-12(16)13(17)8-11;/h4-5,8,10H,6-7,9H2,1-3H3,(H,19,22)(H2,18,20,21);1H. The summed E-state index contributed by atoms with van der Waals surface area (Å²) >= 11 is 11.7. The van der Waals surface area contributed by atoms with Crippen LogP contribution in [0.2, 0.25) is 10.0 Å². The first-order valence-corrected chi connectivity index (χ1v) is 7.93. The van der Waals surface area contributed by atoms with Gasteiger partial charge in [-0.1, -0.05) is 23.2 Å². The van der Waals surface area contributed by atoms with Crippen molar-refractivity contribution in [3.63, 3.8) is 0 Å². The number of nitrogens with one attached hydrogen (secondary N) is 3. The molecule has 0 bridgehead atoms. The smallest absolute Gasteiger partial charge is 0.251 e. The molecule has 136 valence electrons. The van der Waals surface area contributed by atoms with Gasteiger partial charge in [-0.15, -0.1) is 24.0 Å². The van der Waals surface area contributed by atoms with Crippen LogP contribution in [0.5, 0.6) is 0 Å². The first-order valence-electron chi connectivity index (χ1n) is 7.17. The molecule has 0 heterocycles. The molecule has 3 N–H and O–H groups in total. The first kappa shape index (κ1) is 23.2. The number of rotatable bonds is 7. The van der Waals surface area contributed by atoms with Crippen molar-refractivity contribution in [3.8, 4) is 0 Å². The van der Waals surface area contributed by atoms with Crippen LogP contribution in [0.15, 0.2) is 23.2 Å². The van der Waals surface area contributed by atoms with Crippen molar-refractivity contribution in [1.82, 2.24) is 16.0 Å². The van der Waals surface area contributed by atoms with Crippen molar-refractivity contribution in [2.75, 3.05) is 33.9 Å². The van der Waals surface area contributed by atoms with Crippen LogP contribution in [0, 0.1) is 0 Å². The molecule has 1 amide bonds. The minimum absolute atomic E-state index is 0. The Morgan fingerprint density at radius 2 is 1.92 bits per heavy atom. The van der Waals surface area contributed by atoms with Crippen LogP contribution in [-0.2, 0) is 4.74 Å². The summed E-state index contributed by atoms with van der Waals surface area (Å²) in [5.41, 5.74) is 0.468. The molecule has 0 fully saturated rings. The SMILES string of the molecule is CN=C(NCCNC(=O)c1ccc(Cl)c(Cl)c1)NC(C)COC.I. The maximum atomic E-state index is 12.0. The fourth-order valence-corrected chi connectivity index (χ4v) is 2.11. The topological polar surface area (TPSA) is 74.8 Å². The largest absolute Gasteiger partial charge is 0.383 e. The predicted molar refractivity (Wildman–Crippen MR) is 110 cm³/mol. The monoisotopic (exact) mass is 488 g/mol. The van der Waals surface area contributed by atoms with Crippen LogP contribution in [0.25, 0.3) is 0 Å². The van der Waals surface area contributed by atoms with Crippen molar-refractivity contribution in [1.29, 1.82) is 0 Å². The number of amides is 1. The molecule has 9 heteroatoms. The zero-order valence-corrected chi connectivity index (χ0v) is 17.7. The number of benzene rings is 1. The van der Waals surface area contributed by atoms with Crippen LogP contribution in [-0.4, -0.2) is 51.8 Å². The van der Waals surface area contributed by atoms with E-state index in [4.69, 9.17) is 27.9 Å². The van der Waals surface area contributed by atoms with Gasteiger partial charge in [0.25, 0.3) is 5.91 Å². The second kappa shape index (κ2) is 12.6. The normalized spacial score (nSPS) is 12.1. The van der Waals surface area contributed by atoms with Crippen LogP contribution >= 0.6 is 47.2 Å². The molecule has 0 saturated carbocycles. The Kier molecular flexibility index (Phi) is 12.2. The summed E-state index contributed by atoms with van der Waals surface area (Å²) in [6.45, 7) is 3.54. The fourth-order valence-electron chi connectivity index (χ4n) is 1.82. The van der Waals surface area contributed by atoms with Crippen molar-refractivity contribution >= 4 is 59.0 Å². The Morgan fingerprint density at radius 3 is 2.50 bits per heavy atom. The summed E-state index contributed by atoms with van der Waals surface area (Å²) in [5, 5.41) is 9.85.